The van der Waals surface area contributed by atoms with Gasteiger partial charge in [0, 0.05) is 5.69 Å². The summed E-state index contributed by atoms with van der Waals surface area (Å²) >= 11 is 0. The van der Waals surface area contributed by atoms with Gasteiger partial charge in [-0.15, -0.1) is 12.4 Å². The Morgan fingerprint density at radius 3 is 2.30 bits per heavy atom. The summed E-state index contributed by atoms with van der Waals surface area (Å²) in [5, 5.41) is 2.23. The van der Waals surface area contributed by atoms with Crippen molar-refractivity contribution in [3.63, 3.8) is 0 Å². The van der Waals surface area contributed by atoms with Crippen molar-refractivity contribution < 1.29 is 22.4 Å². The average molecular weight is 315 g/mol. The molecule has 0 bridgehead atoms. The van der Waals surface area contributed by atoms with E-state index in [1.807, 2.05) is 0 Å². The molecule has 0 saturated heterocycles. The Hall–Kier alpha value is -1.34. The molecule has 0 aromatic heterocycles. The van der Waals surface area contributed by atoms with E-state index in [0.717, 1.165) is 6.07 Å². The number of rotatable bonds is 3. The highest BCUT2D eigenvalue weighted by Crippen LogP contribution is 2.33. The van der Waals surface area contributed by atoms with Crippen molar-refractivity contribution in [3.05, 3.63) is 29.6 Å². The topological polar surface area (TPSA) is 55.1 Å². The summed E-state index contributed by atoms with van der Waals surface area (Å²) in [4.78, 5) is 11.6. The van der Waals surface area contributed by atoms with Gasteiger partial charge in [0.1, 0.15) is 5.82 Å². The highest BCUT2D eigenvalue weighted by atomic mass is 35.5. The number of anilines is 1. The van der Waals surface area contributed by atoms with Crippen molar-refractivity contribution in [2.75, 3.05) is 5.32 Å². The third kappa shape index (κ3) is 4.64. The molecule has 0 aliphatic rings. The molecular formula is C12H15ClF4N2O. The molecule has 3 nitrogen and oxygen atoms in total. The Labute approximate surface area is 119 Å². The van der Waals surface area contributed by atoms with Crippen LogP contribution in [0.25, 0.3) is 0 Å². The zero-order chi connectivity index (χ0) is 14.8. The van der Waals surface area contributed by atoms with E-state index in [2.05, 4.69) is 5.32 Å². The number of carbonyl (C=O) groups is 1. The van der Waals surface area contributed by atoms with Crippen LogP contribution in [-0.2, 0) is 11.0 Å². The molecule has 0 spiro atoms. The number of nitrogens with one attached hydrogen (secondary N) is 1. The molecule has 20 heavy (non-hydrogen) atoms. The molecule has 0 saturated carbocycles. The summed E-state index contributed by atoms with van der Waals surface area (Å²) in [6.07, 6.45) is -4.81. The van der Waals surface area contributed by atoms with Crippen LogP contribution < -0.4 is 11.1 Å². The van der Waals surface area contributed by atoms with Gasteiger partial charge in [0.2, 0.25) is 5.91 Å². The van der Waals surface area contributed by atoms with Crippen LogP contribution in [0, 0.1) is 11.7 Å². The maximum absolute atomic E-state index is 13.0. The Morgan fingerprint density at radius 1 is 1.30 bits per heavy atom. The summed E-state index contributed by atoms with van der Waals surface area (Å²) in [6.45, 7) is 3.41. The minimum absolute atomic E-state index is 0. The molecule has 1 aromatic rings. The molecule has 0 aliphatic heterocycles. The summed E-state index contributed by atoms with van der Waals surface area (Å²) in [7, 11) is 0. The van der Waals surface area contributed by atoms with Crippen LogP contribution in [0.1, 0.15) is 19.4 Å². The normalized spacial score (nSPS) is 12.8. The Morgan fingerprint density at radius 2 is 1.85 bits per heavy atom. The van der Waals surface area contributed by atoms with E-state index in [1.165, 1.54) is 0 Å². The van der Waals surface area contributed by atoms with Crippen LogP contribution in [0.2, 0.25) is 0 Å². The molecule has 1 atom stereocenters. The second-order valence-electron chi connectivity index (χ2n) is 4.45. The molecule has 3 N–H and O–H groups in total. The molecule has 0 radical (unpaired) electrons. The van der Waals surface area contributed by atoms with E-state index in [4.69, 9.17) is 5.73 Å². The zero-order valence-corrected chi connectivity index (χ0v) is 11.6. The van der Waals surface area contributed by atoms with E-state index >= 15 is 0 Å². The van der Waals surface area contributed by atoms with Gasteiger partial charge in [-0.05, 0) is 24.1 Å². The van der Waals surface area contributed by atoms with Crippen LogP contribution in [0.3, 0.4) is 0 Å². The number of carbonyl (C=O) groups excluding carboxylic acids is 1. The van der Waals surface area contributed by atoms with Crippen molar-refractivity contribution in [2.24, 2.45) is 11.7 Å². The lowest BCUT2D eigenvalue weighted by atomic mass is 10.0. The van der Waals surface area contributed by atoms with E-state index in [-0.39, 0.29) is 24.0 Å². The summed E-state index contributed by atoms with van der Waals surface area (Å²) < 4.78 is 50.5. The first-order valence-corrected chi connectivity index (χ1v) is 5.56. The highest BCUT2D eigenvalue weighted by Gasteiger charge is 2.34. The monoisotopic (exact) mass is 314 g/mol. The molecule has 0 heterocycles. The largest absolute Gasteiger partial charge is 0.419 e. The summed E-state index contributed by atoms with van der Waals surface area (Å²) in [5.41, 5.74) is 3.98. The minimum atomic E-state index is -4.81. The van der Waals surface area contributed by atoms with Crippen molar-refractivity contribution >= 4 is 24.0 Å². The van der Waals surface area contributed by atoms with Gasteiger partial charge in [-0.3, -0.25) is 4.79 Å². The molecule has 0 unspecified atom stereocenters. The second-order valence-corrected chi connectivity index (χ2v) is 4.45. The lowest BCUT2D eigenvalue weighted by molar-refractivity contribution is -0.140. The minimum Gasteiger partial charge on any atom is -0.325 e. The highest BCUT2D eigenvalue weighted by molar-refractivity contribution is 5.94. The molecular weight excluding hydrogens is 300 g/mol. The quantitative estimate of drug-likeness (QED) is 0.842. The number of halogens is 5. The number of hydrogen-bond acceptors (Lipinski definition) is 2. The molecule has 0 fully saturated rings. The van der Waals surface area contributed by atoms with Crippen LogP contribution in [-0.4, -0.2) is 11.9 Å². The standard InChI is InChI=1S/C12H14F4N2O.ClH/c1-6(2)10(17)11(19)18-7-3-4-9(13)8(5-7)12(14,15)16;/h3-6,10H,17H2,1-2H3,(H,18,19);1H/t10-;/m1./s1. The van der Waals surface area contributed by atoms with Crippen molar-refractivity contribution in [1.29, 1.82) is 0 Å². The first kappa shape index (κ1) is 18.7. The number of nitrogens with two attached hydrogens (primary N) is 1. The van der Waals surface area contributed by atoms with E-state index in [9.17, 15) is 22.4 Å². The Bertz CT molecular complexity index is 477. The van der Waals surface area contributed by atoms with Crippen LogP contribution in [0.4, 0.5) is 23.2 Å². The molecule has 1 aromatic carbocycles. The zero-order valence-electron chi connectivity index (χ0n) is 10.8. The third-order valence-corrected chi connectivity index (χ3v) is 2.56. The van der Waals surface area contributed by atoms with E-state index in [1.54, 1.807) is 13.8 Å². The Balaban J connectivity index is 0.00000361. The Kier molecular flexibility index (Phi) is 6.43. The lowest BCUT2D eigenvalue weighted by Crippen LogP contribution is -2.39. The van der Waals surface area contributed by atoms with Crippen molar-refractivity contribution in [3.8, 4) is 0 Å². The van der Waals surface area contributed by atoms with Crippen molar-refractivity contribution in [2.45, 2.75) is 26.1 Å². The summed E-state index contributed by atoms with van der Waals surface area (Å²) in [6, 6.07) is 1.40. The van der Waals surface area contributed by atoms with Gasteiger partial charge >= 0.3 is 6.18 Å². The molecule has 1 amide bonds. The maximum atomic E-state index is 13.0. The number of benzene rings is 1. The first-order chi connectivity index (χ1) is 8.62. The smallest absolute Gasteiger partial charge is 0.325 e. The SMILES string of the molecule is CC(C)[C@@H](N)C(=O)Nc1ccc(F)c(C(F)(F)F)c1.Cl. The lowest BCUT2D eigenvalue weighted by Gasteiger charge is -2.16. The number of alkyl halides is 3. The average Bonchev–Trinajstić information content (AvgIpc) is 2.28. The van der Waals surface area contributed by atoms with Gasteiger partial charge in [0.25, 0.3) is 0 Å². The van der Waals surface area contributed by atoms with Gasteiger partial charge in [-0.2, -0.15) is 13.2 Å². The fourth-order valence-electron chi connectivity index (χ4n) is 1.35. The molecule has 1 rings (SSSR count). The van der Waals surface area contributed by atoms with Gasteiger partial charge < -0.3 is 11.1 Å². The predicted molar refractivity (Wildman–Crippen MR) is 70.1 cm³/mol. The van der Waals surface area contributed by atoms with E-state index < -0.39 is 29.5 Å². The predicted octanol–water partition coefficient (Wildman–Crippen LogP) is 3.19. The first-order valence-electron chi connectivity index (χ1n) is 5.56. The fourth-order valence-corrected chi connectivity index (χ4v) is 1.35. The fraction of sp³-hybridized carbons (Fsp3) is 0.417. The van der Waals surface area contributed by atoms with Crippen LogP contribution in [0.15, 0.2) is 18.2 Å². The third-order valence-electron chi connectivity index (χ3n) is 2.56. The van der Waals surface area contributed by atoms with E-state index in [0.29, 0.717) is 12.1 Å². The van der Waals surface area contributed by atoms with Crippen molar-refractivity contribution in [1.82, 2.24) is 0 Å². The second kappa shape index (κ2) is 6.90. The summed E-state index contributed by atoms with van der Waals surface area (Å²) in [5.74, 6) is -2.17. The molecule has 114 valence electrons. The number of hydrogen-bond donors (Lipinski definition) is 2. The van der Waals surface area contributed by atoms with Crippen LogP contribution in [0.5, 0.6) is 0 Å². The molecule has 8 heteroatoms. The van der Waals surface area contributed by atoms with Gasteiger partial charge in [-0.1, -0.05) is 13.8 Å². The molecule has 0 aliphatic carbocycles. The van der Waals surface area contributed by atoms with Gasteiger partial charge in [0.05, 0.1) is 11.6 Å². The maximum Gasteiger partial charge on any atom is 0.419 e. The van der Waals surface area contributed by atoms with Gasteiger partial charge in [-0.25, -0.2) is 4.39 Å². The van der Waals surface area contributed by atoms with Crippen LogP contribution >= 0.6 is 12.4 Å². The number of amides is 1. The van der Waals surface area contributed by atoms with Gasteiger partial charge in [0.15, 0.2) is 0 Å².